The lowest BCUT2D eigenvalue weighted by Gasteiger charge is -2.28. The van der Waals surface area contributed by atoms with Crippen molar-refractivity contribution in [3.8, 4) is 5.75 Å². The molecular formula is C15H19NO5. The van der Waals surface area contributed by atoms with Gasteiger partial charge in [0.15, 0.2) is 0 Å². The number of carboxylic acid groups (broad SMARTS) is 1. The Morgan fingerprint density at radius 3 is 2.71 bits per heavy atom. The Balaban J connectivity index is 2.21. The van der Waals surface area contributed by atoms with Crippen LogP contribution in [0.15, 0.2) is 18.2 Å². The van der Waals surface area contributed by atoms with Crippen molar-refractivity contribution in [2.45, 2.75) is 38.8 Å². The maximum Gasteiger partial charge on any atom is 0.408 e. The number of amides is 1. The number of aromatic carboxylic acids is 1. The van der Waals surface area contributed by atoms with E-state index in [2.05, 4.69) is 5.32 Å². The number of carbonyl (C=O) groups is 2. The monoisotopic (exact) mass is 293 g/mol. The number of carbonyl (C=O) groups excluding carboxylic acids is 1. The Kier molecular flexibility index (Phi) is 4.06. The number of benzene rings is 1. The number of fused-ring (bicyclic) bond motifs is 1. The second-order valence-corrected chi connectivity index (χ2v) is 5.87. The molecule has 21 heavy (non-hydrogen) atoms. The lowest BCUT2D eigenvalue weighted by molar-refractivity contribution is 0.0491. The number of alkyl carbamates (subject to hydrolysis) is 1. The largest absolute Gasteiger partial charge is 0.492 e. The first-order chi connectivity index (χ1) is 9.78. The van der Waals surface area contributed by atoms with E-state index in [0.717, 1.165) is 0 Å². The predicted molar refractivity (Wildman–Crippen MR) is 75.6 cm³/mol. The summed E-state index contributed by atoms with van der Waals surface area (Å²) in [7, 11) is 0. The van der Waals surface area contributed by atoms with E-state index in [-0.39, 0.29) is 11.6 Å². The summed E-state index contributed by atoms with van der Waals surface area (Å²) in [6.45, 7) is 5.70. The van der Waals surface area contributed by atoms with Crippen LogP contribution in [0.5, 0.6) is 5.75 Å². The minimum Gasteiger partial charge on any atom is -0.492 e. The molecule has 0 aromatic heterocycles. The van der Waals surface area contributed by atoms with Gasteiger partial charge in [-0.1, -0.05) is 12.1 Å². The highest BCUT2D eigenvalue weighted by atomic mass is 16.6. The predicted octanol–water partition coefficient (Wildman–Crippen LogP) is 2.73. The average Bonchev–Trinajstić information content (AvgIpc) is 2.36. The quantitative estimate of drug-likeness (QED) is 0.875. The molecule has 1 aromatic carbocycles. The van der Waals surface area contributed by atoms with Crippen LogP contribution in [-0.2, 0) is 4.74 Å². The van der Waals surface area contributed by atoms with E-state index in [1.807, 2.05) is 0 Å². The van der Waals surface area contributed by atoms with Crippen molar-refractivity contribution in [1.29, 1.82) is 0 Å². The molecule has 0 saturated carbocycles. The van der Waals surface area contributed by atoms with Gasteiger partial charge in [0.1, 0.15) is 16.9 Å². The molecule has 1 aromatic rings. The Morgan fingerprint density at radius 1 is 1.38 bits per heavy atom. The van der Waals surface area contributed by atoms with E-state index >= 15 is 0 Å². The standard InChI is InChI=1S/C15H19NO5/c1-15(2,3)21-14(19)16-11-7-8-20-12-9(11)5-4-6-10(12)13(17)18/h4-6,11H,7-8H2,1-3H3,(H,16,19)(H,17,18). The zero-order valence-corrected chi connectivity index (χ0v) is 12.3. The summed E-state index contributed by atoms with van der Waals surface area (Å²) < 4.78 is 10.7. The Labute approximate surface area is 123 Å². The fraction of sp³-hybridized carbons (Fsp3) is 0.467. The van der Waals surface area contributed by atoms with Crippen LogP contribution in [0.1, 0.15) is 49.2 Å². The van der Waals surface area contributed by atoms with Crippen molar-refractivity contribution in [2.75, 3.05) is 6.61 Å². The molecule has 0 fully saturated rings. The minimum atomic E-state index is -1.05. The van der Waals surface area contributed by atoms with Crippen molar-refractivity contribution >= 4 is 12.1 Å². The van der Waals surface area contributed by atoms with Gasteiger partial charge in [-0.3, -0.25) is 0 Å². The summed E-state index contributed by atoms with van der Waals surface area (Å²) >= 11 is 0. The van der Waals surface area contributed by atoms with Crippen molar-refractivity contribution in [3.63, 3.8) is 0 Å². The lowest BCUT2D eigenvalue weighted by Crippen LogP contribution is -2.37. The van der Waals surface area contributed by atoms with Crippen LogP contribution < -0.4 is 10.1 Å². The normalized spacial score (nSPS) is 17.4. The summed E-state index contributed by atoms with van der Waals surface area (Å²) in [5.41, 5.74) is 0.177. The molecular weight excluding hydrogens is 274 g/mol. The molecule has 1 aliphatic heterocycles. The Hall–Kier alpha value is -2.24. The molecule has 0 spiro atoms. The first kappa shape index (κ1) is 15.2. The van der Waals surface area contributed by atoms with Gasteiger partial charge in [0.25, 0.3) is 0 Å². The van der Waals surface area contributed by atoms with Crippen molar-refractivity contribution < 1.29 is 24.2 Å². The molecule has 0 radical (unpaired) electrons. The molecule has 0 bridgehead atoms. The number of hydrogen-bond donors (Lipinski definition) is 2. The van der Waals surface area contributed by atoms with Crippen molar-refractivity contribution in [1.82, 2.24) is 5.32 Å². The van der Waals surface area contributed by atoms with E-state index in [1.165, 1.54) is 6.07 Å². The summed E-state index contributed by atoms with van der Waals surface area (Å²) in [5, 5.41) is 11.9. The minimum absolute atomic E-state index is 0.100. The van der Waals surface area contributed by atoms with Gasteiger partial charge in [0.05, 0.1) is 12.6 Å². The van der Waals surface area contributed by atoms with E-state index < -0.39 is 17.7 Å². The molecule has 6 heteroatoms. The van der Waals surface area contributed by atoms with E-state index in [1.54, 1.807) is 32.9 Å². The zero-order chi connectivity index (χ0) is 15.6. The van der Waals surface area contributed by atoms with Crippen LogP contribution in [0.3, 0.4) is 0 Å². The SMILES string of the molecule is CC(C)(C)OC(=O)NC1CCOc2c(C(=O)O)cccc21. The Morgan fingerprint density at radius 2 is 2.10 bits per heavy atom. The average molecular weight is 293 g/mol. The summed E-state index contributed by atoms with van der Waals surface area (Å²) in [6, 6.07) is 4.56. The fourth-order valence-electron chi connectivity index (χ4n) is 2.19. The topological polar surface area (TPSA) is 84.9 Å². The number of rotatable bonds is 2. The van der Waals surface area contributed by atoms with Gasteiger partial charge in [-0.15, -0.1) is 0 Å². The fourth-order valence-corrected chi connectivity index (χ4v) is 2.19. The van der Waals surface area contributed by atoms with Gasteiger partial charge < -0.3 is 19.9 Å². The summed E-state index contributed by atoms with van der Waals surface area (Å²) in [6.07, 6.45) is 0.0380. The van der Waals surface area contributed by atoms with Crippen molar-refractivity contribution in [2.24, 2.45) is 0 Å². The third-order valence-corrected chi connectivity index (χ3v) is 3.00. The van der Waals surface area contributed by atoms with Crippen LogP contribution in [0.2, 0.25) is 0 Å². The van der Waals surface area contributed by atoms with Crippen LogP contribution in [0, 0.1) is 0 Å². The maximum atomic E-state index is 11.9. The van der Waals surface area contributed by atoms with Gasteiger partial charge in [-0.2, -0.15) is 0 Å². The lowest BCUT2D eigenvalue weighted by atomic mass is 9.97. The molecule has 1 unspecified atom stereocenters. The van der Waals surface area contributed by atoms with Crippen molar-refractivity contribution in [3.05, 3.63) is 29.3 Å². The molecule has 6 nitrogen and oxygen atoms in total. The van der Waals surface area contributed by atoms with E-state index in [9.17, 15) is 9.59 Å². The first-order valence-corrected chi connectivity index (χ1v) is 6.76. The van der Waals surface area contributed by atoms with Crippen LogP contribution in [0.25, 0.3) is 0 Å². The first-order valence-electron chi connectivity index (χ1n) is 6.76. The van der Waals surface area contributed by atoms with Gasteiger partial charge in [0.2, 0.25) is 0 Å². The maximum absolute atomic E-state index is 11.9. The second-order valence-electron chi connectivity index (χ2n) is 5.87. The number of carboxylic acids is 1. The summed E-state index contributed by atoms with van der Waals surface area (Å²) in [4.78, 5) is 23.1. The smallest absolute Gasteiger partial charge is 0.408 e. The summed E-state index contributed by atoms with van der Waals surface area (Å²) in [5.74, 6) is -0.734. The molecule has 0 aliphatic carbocycles. The second kappa shape index (κ2) is 5.63. The molecule has 1 atom stereocenters. The highest BCUT2D eigenvalue weighted by Crippen LogP contribution is 2.35. The van der Waals surface area contributed by atoms with E-state index in [4.69, 9.17) is 14.6 Å². The third-order valence-electron chi connectivity index (χ3n) is 3.00. The van der Waals surface area contributed by atoms with Gasteiger partial charge in [0, 0.05) is 12.0 Å². The molecule has 1 aliphatic rings. The zero-order valence-electron chi connectivity index (χ0n) is 12.3. The number of para-hydroxylation sites is 1. The number of hydrogen-bond acceptors (Lipinski definition) is 4. The van der Waals surface area contributed by atoms with Crippen LogP contribution >= 0.6 is 0 Å². The molecule has 0 saturated heterocycles. The Bertz CT molecular complexity index is 562. The van der Waals surface area contributed by atoms with Crippen LogP contribution in [-0.4, -0.2) is 29.4 Å². The van der Waals surface area contributed by atoms with Gasteiger partial charge in [-0.05, 0) is 26.8 Å². The van der Waals surface area contributed by atoms with Gasteiger partial charge in [-0.25, -0.2) is 9.59 Å². The highest BCUT2D eigenvalue weighted by molar-refractivity contribution is 5.91. The molecule has 1 heterocycles. The molecule has 2 N–H and O–H groups in total. The van der Waals surface area contributed by atoms with E-state index in [0.29, 0.717) is 24.3 Å². The van der Waals surface area contributed by atoms with Crippen LogP contribution in [0.4, 0.5) is 4.79 Å². The third kappa shape index (κ3) is 3.65. The molecule has 2 rings (SSSR count). The molecule has 114 valence electrons. The molecule has 1 amide bonds. The van der Waals surface area contributed by atoms with Gasteiger partial charge >= 0.3 is 12.1 Å². The number of nitrogens with one attached hydrogen (secondary N) is 1. The number of ether oxygens (including phenoxy) is 2. The highest BCUT2D eigenvalue weighted by Gasteiger charge is 2.28.